The van der Waals surface area contributed by atoms with E-state index in [1.165, 1.54) is 66.1 Å². The summed E-state index contributed by atoms with van der Waals surface area (Å²) < 4.78 is 9.45. The first kappa shape index (κ1) is 27.4. The normalized spacial score (nSPS) is 14.4. The molecule has 0 atom stereocenters. The molecule has 0 N–H and O–H groups in total. The Kier molecular flexibility index (Phi) is 5.58. The molecular formula is C39H44BNO. The molecule has 0 fully saturated rings. The molecule has 2 aliphatic heterocycles. The van der Waals surface area contributed by atoms with Crippen LogP contribution in [0.25, 0.3) is 27.5 Å². The Morgan fingerprint density at radius 2 is 1.24 bits per heavy atom. The van der Waals surface area contributed by atoms with Gasteiger partial charge in [-0.3, -0.25) is 0 Å². The maximum absolute atomic E-state index is 6.90. The molecule has 0 aliphatic carbocycles. The first-order valence-corrected chi connectivity index (χ1v) is 15.7. The minimum Gasteiger partial charge on any atom is -0.458 e. The lowest BCUT2D eigenvalue weighted by Crippen LogP contribution is -2.58. The Morgan fingerprint density at radius 3 is 1.88 bits per heavy atom. The van der Waals surface area contributed by atoms with E-state index in [0.29, 0.717) is 5.92 Å². The lowest BCUT2D eigenvalue weighted by molar-refractivity contribution is 0.482. The van der Waals surface area contributed by atoms with Crippen LogP contribution in [0.3, 0.4) is 0 Å². The van der Waals surface area contributed by atoms with E-state index in [0.717, 1.165) is 11.5 Å². The van der Waals surface area contributed by atoms with Gasteiger partial charge in [-0.05, 0) is 97.2 Å². The minimum absolute atomic E-state index is 0.0233. The summed E-state index contributed by atoms with van der Waals surface area (Å²) in [7, 11) is 0. The molecule has 214 valence electrons. The molecule has 4 aromatic carbocycles. The molecule has 0 amide bonds. The number of hydrogen-bond donors (Lipinski definition) is 0. The smallest absolute Gasteiger partial charge is 0.256 e. The van der Waals surface area contributed by atoms with Crippen LogP contribution < -0.4 is 21.1 Å². The van der Waals surface area contributed by atoms with Crippen molar-refractivity contribution in [2.75, 3.05) is 0 Å². The largest absolute Gasteiger partial charge is 0.458 e. The predicted molar refractivity (Wildman–Crippen MR) is 182 cm³/mol. The number of fused-ring (bicyclic) bond motifs is 7. The second-order valence-electron chi connectivity index (χ2n) is 16.2. The van der Waals surface area contributed by atoms with Gasteiger partial charge in [0, 0.05) is 22.0 Å². The summed E-state index contributed by atoms with van der Waals surface area (Å²) in [5.74, 6) is 2.40. The summed E-state index contributed by atoms with van der Waals surface area (Å²) >= 11 is 0. The van der Waals surface area contributed by atoms with Crippen LogP contribution in [0.1, 0.15) is 104 Å². The summed E-state index contributed by atoms with van der Waals surface area (Å²) in [5, 5.41) is 2.70. The van der Waals surface area contributed by atoms with Crippen LogP contribution in [-0.4, -0.2) is 11.3 Å². The Bertz CT molecular complexity index is 1930. The Hall–Kier alpha value is -3.46. The predicted octanol–water partition coefficient (Wildman–Crippen LogP) is 8.73. The number of aromatic nitrogens is 1. The van der Waals surface area contributed by atoms with Crippen molar-refractivity contribution in [3.63, 3.8) is 0 Å². The minimum atomic E-state index is 0.0233. The van der Waals surface area contributed by atoms with Gasteiger partial charge in [0.05, 0.1) is 5.52 Å². The Balaban J connectivity index is 1.66. The lowest BCUT2D eigenvalue weighted by atomic mass is 9.34. The molecule has 0 saturated heterocycles. The number of rotatable bonds is 1. The van der Waals surface area contributed by atoms with Crippen LogP contribution in [0.15, 0.2) is 60.7 Å². The van der Waals surface area contributed by atoms with E-state index in [9.17, 15) is 0 Å². The van der Waals surface area contributed by atoms with Gasteiger partial charge in [-0.25, -0.2) is 0 Å². The van der Waals surface area contributed by atoms with Gasteiger partial charge in [-0.15, -0.1) is 0 Å². The standard InChI is InChI=1S/C39H44BNO/c1-22(2)23-16-32-35-34(17-23)42-33-21-25(38(6,7)8)12-14-29(33)40(35)30-20-26(39(9,10)11)19-28-27-18-24(37(3,4)5)13-15-31(27)41(32)36(28)30/h12-22H,1-11H3. The van der Waals surface area contributed by atoms with Gasteiger partial charge < -0.3 is 9.30 Å². The van der Waals surface area contributed by atoms with E-state index in [4.69, 9.17) is 4.74 Å². The van der Waals surface area contributed by atoms with Crippen molar-refractivity contribution < 1.29 is 4.74 Å². The molecule has 5 aromatic rings. The summed E-state index contributed by atoms with van der Waals surface area (Å²) in [6.45, 7) is 25.5. The van der Waals surface area contributed by atoms with Crippen LogP contribution in [0.4, 0.5) is 0 Å². The van der Waals surface area contributed by atoms with Gasteiger partial charge in [0.2, 0.25) is 0 Å². The molecule has 0 saturated carbocycles. The van der Waals surface area contributed by atoms with Crippen molar-refractivity contribution in [1.29, 1.82) is 0 Å². The second-order valence-corrected chi connectivity index (χ2v) is 16.2. The quantitative estimate of drug-likeness (QED) is 0.186. The molecule has 2 aliphatic rings. The zero-order valence-electron chi connectivity index (χ0n) is 27.3. The molecule has 7 rings (SSSR count). The van der Waals surface area contributed by atoms with Crippen LogP contribution in [0.5, 0.6) is 11.5 Å². The SMILES string of the molecule is CC(C)c1cc2c3c(c1)-n1c4ccc(C(C)(C)C)cc4c4cc(C(C)(C)C)cc(c41)B3c1ccc(C(C)(C)C)cc1O2. The third-order valence-electron chi connectivity index (χ3n) is 9.68. The van der Waals surface area contributed by atoms with E-state index in [1.54, 1.807) is 0 Å². The van der Waals surface area contributed by atoms with E-state index < -0.39 is 0 Å². The van der Waals surface area contributed by atoms with Crippen molar-refractivity contribution in [2.45, 2.75) is 98.3 Å². The number of benzene rings is 4. The van der Waals surface area contributed by atoms with Crippen LogP contribution in [0, 0.1) is 0 Å². The van der Waals surface area contributed by atoms with Crippen LogP contribution >= 0.6 is 0 Å². The van der Waals surface area contributed by atoms with Gasteiger partial charge in [-0.2, -0.15) is 0 Å². The summed E-state index contributed by atoms with van der Waals surface area (Å²) in [6, 6.07) is 23.8. The first-order chi connectivity index (χ1) is 19.5. The van der Waals surface area contributed by atoms with Crippen molar-refractivity contribution in [2.24, 2.45) is 0 Å². The highest BCUT2D eigenvalue weighted by Gasteiger charge is 2.42. The van der Waals surface area contributed by atoms with Crippen molar-refractivity contribution in [3.8, 4) is 17.2 Å². The molecule has 0 bridgehead atoms. The van der Waals surface area contributed by atoms with Gasteiger partial charge in [-0.1, -0.05) is 100 Å². The third kappa shape index (κ3) is 3.92. The monoisotopic (exact) mass is 553 g/mol. The zero-order valence-corrected chi connectivity index (χ0v) is 27.3. The van der Waals surface area contributed by atoms with Gasteiger partial charge in [0.1, 0.15) is 11.5 Å². The average Bonchev–Trinajstić information content (AvgIpc) is 3.23. The Labute approximate surface area is 252 Å². The first-order valence-electron chi connectivity index (χ1n) is 15.7. The van der Waals surface area contributed by atoms with E-state index in [1.807, 2.05) is 0 Å². The third-order valence-corrected chi connectivity index (χ3v) is 9.68. The average molecular weight is 554 g/mol. The van der Waals surface area contributed by atoms with Crippen molar-refractivity contribution >= 4 is 44.9 Å². The molecule has 0 radical (unpaired) electrons. The zero-order chi connectivity index (χ0) is 30.1. The fourth-order valence-corrected chi connectivity index (χ4v) is 7.00. The van der Waals surface area contributed by atoms with Gasteiger partial charge >= 0.3 is 0 Å². The van der Waals surface area contributed by atoms with Gasteiger partial charge in [0.25, 0.3) is 6.71 Å². The maximum Gasteiger partial charge on any atom is 0.256 e. The van der Waals surface area contributed by atoms with Crippen LogP contribution in [0.2, 0.25) is 0 Å². The van der Waals surface area contributed by atoms with E-state index >= 15 is 0 Å². The molecule has 3 heteroatoms. The van der Waals surface area contributed by atoms with Crippen LogP contribution in [-0.2, 0) is 16.2 Å². The Morgan fingerprint density at radius 1 is 0.619 bits per heavy atom. The summed E-state index contributed by atoms with van der Waals surface area (Å²) in [4.78, 5) is 0. The number of ether oxygens (including phenoxy) is 1. The fraction of sp³-hybridized carbons (Fsp3) is 0.385. The van der Waals surface area contributed by atoms with Crippen molar-refractivity contribution in [1.82, 2.24) is 4.57 Å². The fourth-order valence-electron chi connectivity index (χ4n) is 7.00. The molecule has 0 unspecified atom stereocenters. The molecule has 0 spiro atoms. The molecular weight excluding hydrogens is 509 g/mol. The highest BCUT2D eigenvalue weighted by molar-refractivity contribution is 6.99. The number of nitrogens with zero attached hydrogens (tertiary/aromatic N) is 1. The molecule has 3 heterocycles. The topological polar surface area (TPSA) is 14.2 Å². The van der Waals surface area contributed by atoms with Gasteiger partial charge in [0.15, 0.2) is 0 Å². The highest BCUT2D eigenvalue weighted by Crippen LogP contribution is 2.42. The maximum atomic E-state index is 6.90. The molecule has 2 nitrogen and oxygen atoms in total. The molecule has 42 heavy (non-hydrogen) atoms. The summed E-state index contributed by atoms with van der Waals surface area (Å²) in [5.41, 5.74) is 13.4. The summed E-state index contributed by atoms with van der Waals surface area (Å²) in [6.07, 6.45) is 0. The number of hydrogen-bond acceptors (Lipinski definition) is 1. The highest BCUT2D eigenvalue weighted by atomic mass is 16.5. The molecule has 1 aromatic heterocycles. The second kappa shape index (κ2) is 8.56. The van der Waals surface area contributed by atoms with E-state index in [2.05, 4.69) is 141 Å². The lowest BCUT2D eigenvalue weighted by Gasteiger charge is -2.35. The van der Waals surface area contributed by atoms with E-state index in [-0.39, 0.29) is 23.0 Å². The van der Waals surface area contributed by atoms with Crippen molar-refractivity contribution in [3.05, 3.63) is 82.9 Å².